The van der Waals surface area contributed by atoms with Crippen LogP contribution >= 0.6 is 23.2 Å². The molecule has 0 saturated carbocycles. The van der Waals surface area contributed by atoms with Crippen molar-refractivity contribution in [3.8, 4) is 16.9 Å². The SMILES string of the molecule is CC1CN(C(=O)c2ccc(-c3cnc(N)c(OCCCc4c(Cl)cccc4Cl)c3)cc2)CC(C)N1. The monoisotopic (exact) mass is 512 g/mol. The first-order valence-corrected chi connectivity index (χ1v) is 12.5. The maximum Gasteiger partial charge on any atom is 0.253 e. The Labute approximate surface area is 216 Å². The lowest BCUT2D eigenvalue weighted by Gasteiger charge is -2.36. The first-order chi connectivity index (χ1) is 16.8. The molecule has 0 radical (unpaired) electrons. The molecule has 8 heteroatoms. The molecule has 2 aromatic carbocycles. The van der Waals surface area contributed by atoms with Crippen LogP contribution in [0.4, 0.5) is 5.82 Å². The lowest BCUT2D eigenvalue weighted by Crippen LogP contribution is -2.55. The second-order valence-corrected chi connectivity index (χ2v) is 9.83. The minimum absolute atomic E-state index is 0.0508. The molecule has 0 bridgehead atoms. The number of nitrogens with zero attached hydrogens (tertiary/aromatic N) is 2. The highest BCUT2D eigenvalue weighted by molar-refractivity contribution is 6.35. The van der Waals surface area contributed by atoms with E-state index in [1.54, 1.807) is 6.20 Å². The van der Waals surface area contributed by atoms with E-state index in [2.05, 4.69) is 24.1 Å². The van der Waals surface area contributed by atoms with Crippen LogP contribution in [0.2, 0.25) is 10.0 Å². The lowest BCUT2D eigenvalue weighted by molar-refractivity contribution is 0.0674. The molecule has 3 aromatic rings. The predicted molar refractivity (Wildman–Crippen MR) is 142 cm³/mol. The molecule has 1 aliphatic rings. The number of nitrogen functional groups attached to an aromatic ring is 1. The van der Waals surface area contributed by atoms with Crippen LogP contribution in [0.15, 0.2) is 54.7 Å². The van der Waals surface area contributed by atoms with Gasteiger partial charge in [-0.25, -0.2) is 4.98 Å². The number of benzene rings is 2. The van der Waals surface area contributed by atoms with Gasteiger partial charge in [0.15, 0.2) is 11.6 Å². The van der Waals surface area contributed by atoms with E-state index in [0.717, 1.165) is 23.1 Å². The number of hydrogen-bond acceptors (Lipinski definition) is 5. The Morgan fingerprint density at radius 2 is 1.74 bits per heavy atom. The van der Waals surface area contributed by atoms with Crippen molar-refractivity contribution >= 4 is 34.9 Å². The van der Waals surface area contributed by atoms with Crippen LogP contribution in [-0.2, 0) is 6.42 Å². The maximum atomic E-state index is 13.0. The molecule has 0 spiro atoms. The zero-order valence-electron chi connectivity index (χ0n) is 19.9. The Morgan fingerprint density at radius 3 is 2.40 bits per heavy atom. The second kappa shape index (κ2) is 11.3. The van der Waals surface area contributed by atoms with Gasteiger partial charge >= 0.3 is 0 Å². The van der Waals surface area contributed by atoms with Gasteiger partial charge in [-0.05, 0) is 68.1 Å². The Morgan fingerprint density at radius 1 is 1.09 bits per heavy atom. The summed E-state index contributed by atoms with van der Waals surface area (Å²) in [6.07, 6.45) is 3.14. The maximum absolute atomic E-state index is 13.0. The van der Waals surface area contributed by atoms with Gasteiger partial charge in [0.25, 0.3) is 5.91 Å². The molecule has 2 atom stereocenters. The summed E-state index contributed by atoms with van der Waals surface area (Å²) in [5.74, 6) is 0.907. The van der Waals surface area contributed by atoms with Gasteiger partial charge in [0.05, 0.1) is 6.61 Å². The number of nitrogens with two attached hydrogens (primary N) is 1. The number of hydrogen-bond donors (Lipinski definition) is 2. The molecular formula is C27H30Cl2N4O2. The normalized spacial score (nSPS) is 17.9. The summed E-state index contributed by atoms with van der Waals surface area (Å²) in [7, 11) is 0. The van der Waals surface area contributed by atoms with E-state index in [1.165, 1.54) is 0 Å². The number of ether oxygens (including phenoxy) is 1. The standard InChI is InChI=1S/C27H30Cl2N4O2/c1-17-15-33(16-18(2)32-17)27(34)20-10-8-19(9-11-20)21-13-25(26(30)31-14-21)35-12-4-5-22-23(28)6-3-7-24(22)29/h3,6-11,13-14,17-18,32H,4-5,12,15-16H2,1-2H3,(H2,30,31). The number of nitrogens with one attached hydrogen (secondary N) is 1. The number of carbonyl (C=O) groups is 1. The van der Waals surface area contributed by atoms with Gasteiger partial charge in [-0.1, -0.05) is 41.4 Å². The molecule has 1 aromatic heterocycles. The summed E-state index contributed by atoms with van der Waals surface area (Å²) in [4.78, 5) is 19.2. The third-order valence-electron chi connectivity index (χ3n) is 6.08. The van der Waals surface area contributed by atoms with Crippen molar-refractivity contribution in [3.63, 3.8) is 0 Å². The average Bonchev–Trinajstić information content (AvgIpc) is 2.83. The van der Waals surface area contributed by atoms with Crippen LogP contribution in [0.5, 0.6) is 5.75 Å². The van der Waals surface area contributed by atoms with Crippen molar-refractivity contribution in [1.29, 1.82) is 0 Å². The first-order valence-electron chi connectivity index (χ1n) is 11.8. The summed E-state index contributed by atoms with van der Waals surface area (Å²) in [6, 6.07) is 15.5. The van der Waals surface area contributed by atoms with Crippen molar-refractivity contribution in [1.82, 2.24) is 15.2 Å². The summed E-state index contributed by atoms with van der Waals surface area (Å²) in [6.45, 7) is 6.05. The van der Waals surface area contributed by atoms with Gasteiger partial charge in [-0.3, -0.25) is 4.79 Å². The fourth-order valence-corrected chi connectivity index (χ4v) is 5.00. The molecule has 3 N–H and O–H groups in total. The van der Waals surface area contributed by atoms with Gasteiger partial charge in [-0.2, -0.15) is 0 Å². The van der Waals surface area contributed by atoms with E-state index in [-0.39, 0.29) is 18.0 Å². The summed E-state index contributed by atoms with van der Waals surface area (Å²) in [5, 5.41) is 4.76. The van der Waals surface area contributed by atoms with E-state index in [0.29, 0.717) is 53.3 Å². The molecule has 1 aliphatic heterocycles. The number of aromatic nitrogens is 1. The van der Waals surface area contributed by atoms with Crippen molar-refractivity contribution in [2.24, 2.45) is 0 Å². The van der Waals surface area contributed by atoms with Crippen molar-refractivity contribution in [2.75, 3.05) is 25.4 Å². The zero-order valence-corrected chi connectivity index (χ0v) is 21.4. The third-order valence-corrected chi connectivity index (χ3v) is 6.79. The molecule has 184 valence electrons. The highest BCUT2D eigenvalue weighted by atomic mass is 35.5. The van der Waals surface area contributed by atoms with Crippen LogP contribution in [0.1, 0.15) is 36.2 Å². The molecule has 6 nitrogen and oxygen atoms in total. The van der Waals surface area contributed by atoms with Crippen LogP contribution < -0.4 is 15.8 Å². The third kappa shape index (κ3) is 6.26. The number of halogens is 2. The fraction of sp³-hybridized carbons (Fsp3) is 0.333. The van der Waals surface area contributed by atoms with Gasteiger partial charge in [0.1, 0.15) is 0 Å². The Hall–Kier alpha value is -2.80. The average molecular weight is 513 g/mol. The van der Waals surface area contributed by atoms with Crippen LogP contribution in [0, 0.1) is 0 Å². The lowest BCUT2D eigenvalue weighted by atomic mass is 10.0. The molecule has 2 heterocycles. The Balaban J connectivity index is 1.39. The second-order valence-electron chi connectivity index (χ2n) is 9.02. The Bertz CT molecular complexity index is 1160. The molecule has 4 rings (SSSR count). The summed E-state index contributed by atoms with van der Waals surface area (Å²) in [5.41, 5.74) is 9.44. The molecule has 1 fully saturated rings. The zero-order chi connectivity index (χ0) is 24.9. The van der Waals surface area contributed by atoms with Gasteiger partial charge < -0.3 is 20.7 Å². The van der Waals surface area contributed by atoms with Gasteiger partial charge in [0.2, 0.25) is 0 Å². The van der Waals surface area contributed by atoms with E-state index >= 15 is 0 Å². The minimum atomic E-state index is 0.0508. The number of anilines is 1. The van der Waals surface area contributed by atoms with Crippen molar-refractivity contribution in [3.05, 3.63) is 75.9 Å². The van der Waals surface area contributed by atoms with Crippen molar-refractivity contribution < 1.29 is 9.53 Å². The molecule has 35 heavy (non-hydrogen) atoms. The van der Waals surface area contributed by atoms with E-state index in [4.69, 9.17) is 33.7 Å². The van der Waals surface area contributed by atoms with E-state index < -0.39 is 0 Å². The topological polar surface area (TPSA) is 80.5 Å². The van der Waals surface area contributed by atoms with E-state index in [9.17, 15) is 4.79 Å². The summed E-state index contributed by atoms with van der Waals surface area (Å²) < 4.78 is 5.92. The Kier molecular flexibility index (Phi) is 8.16. The highest BCUT2D eigenvalue weighted by Crippen LogP contribution is 2.29. The molecule has 1 amide bonds. The number of amides is 1. The van der Waals surface area contributed by atoms with Crippen molar-refractivity contribution in [2.45, 2.75) is 38.8 Å². The molecular weight excluding hydrogens is 483 g/mol. The van der Waals surface area contributed by atoms with E-state index in [1.807, 2.05) is 53.4 Å². The predicted octanol–water partition coefficient (Wildman–Crippen LogP) is 5.47. The quantitative estimate of drug-likeness (QED) is 0.410. The van der Waals surface area contributed by atoms with Crippen LogP contribution in [0.3, 0.4) is 0 Å². The number of rotatable bonds is 7. The number of piperazine rings is 1. The molecule has 1 saturated heterocycles. The smallest absolute Gasteiger partial charge is 0.253 e. The summed E-state index contributed by atoms with van der Waals surface area (Å²) >= 11 is 12.5. The van der Waals surface area contributed by atoms with Gasteiger partial charge in [-0.15, -0.1) is 0 Å². The highest BCUT2D eigenvalue weighted by Gasteiger charge is 2.25. The van der Waals surface area contributed by atoms with Gasteiger partial charge in [0, 0.05) is 52.5 Å². The molecule has 2 unspecified atom stereocenters. The number of pyridine rings is 1. The largest absolute Gasteiger partial charge is 0.490 e. The number of carbonyl (C=O) groups excluding carboxylic acids is 1. The van der Waals surface area contributed by atoms with Crippen LogP contribution in [0.25, 0.3) is 11.1 Å². The fourth-order valence-electron chi connectivity index (χ4n) is 4.41. The first kappa shape index (κ1) is 25.3. The minimum Gasteiger partial charge on any atom is -0.490 e. The molecule has 0 aliphatic carbocycles. The van der Waals surface area contributed by atoms with Crippen LogP contribution in [-0.4, -0.2) is 47.6 Å².